The molecule has 0 heterocycles. The van der Waals surface area contributed by atoms with E-state index in [-0.39, 0.29) is 18.6 Å². The first-order valence-corrected chi connectivity index (χ1v) is 8.53. The summed E-state index contributed by atoms with van der Waals surface area (Å²) in [7, 11) is 0. The number of amides is 2. The Morgan fingerprint density at radius 1 is 1.13 bits per heavy atom. The molecule has 4 N–H and O–H groups in total. The zero-order valence-corrected chi connectivity index (χ0v) is 13.6. The van der Waals surface area contributed by atoms with E-state index in [9.17, 15) is 15.0 Å². The van der Waals surface area contributed by atoms with Crippen LogP contribution in [0.25, 0.3) is 0 Å². The molecular weight excluding hydrogens is 292 g/mol. The van der Waals surface area contributed by atoms with Crippen LogP contribution in [-0.4, -0.2) is 41.5 Å². The third kappa shape index (κ3) is 5.84. The zero-order valence-electron chi connectivity index (χ0n) is 13.6. The molecule has 2 rings (SSSR count). The van der Waals surface area contributed by atoms with Gasteiger partial charge in [-0.1, -0.05) is 49.6 Å². The number of aliphatic hydroxyl groups is 2. The highest BCUT2D eigenvalue weighted by Crippen LogP contribution is 2.27. The normalized spacial score (nSPS) is 18.2. The Labute approximate surface area is 138 Å². The first-order chi connectivity index (χ1) is 11.1. The number of carbonyl (C=O) groups is 1. The number of benzene rings is 1. The molecule has 1 unspecified atom stereocenters. The van der Waals surface area contributed by atoms with Crippen LogP contribution < -0.4 is 10.6 Å². The van der Waals surface area contributed by atoms with Crippen LogP contribution in [0.2, 0.25) is 0 Å². The molecule has 2 amide bonds. The summed E-state index contributed by atoms with van der Waals surface area (Å²) in [6.07, 6.45) is 5.32. The van der Waals surface area contributed by atoms with Crippen LogP contribution in [0.3, 0.4) is 0 Å². The van der Waals surface area contributed by atoms with Crippen LogP contribution in [0.1, 0.15) is 50.0 Å². The molecular formula is C18H28N2O3. The van der Waals surface area contributed by atoms with Gasteiger partial charge in [-0.2, -0.15) is 0 Å². The SMILES string of the molecule is O=C(NCC(CCO)c1ccccc1)NCC1(O)CCCCC1. The molecule has 1 aromatic rings. The van der Waals surface area contributed by atoms with E-state index in [1.54, 1.807) is 0 Å². The fourth-order valence-corrected chi connectivity index (χ4v) is 3.18. The van der Waals surface area contributed by atoms with Crippen molar-refractivity contribution in [3.8, 4) is 0 Å². The van der Waals surface area contributed by atoms with Crippen molar-refractivity contribution in [3.05, 3.63) is 35.9 Å². The van der Waals surface area contributed by atoms with E-state index >= 15 is 0 Å². The van der Waals surface area contributed by atoms with Gasteiger partial charge in [0.15, 0.2) is 0 Å². The minimum Gasteiger partial charge on any atom is -0.396 e. The summed E-state index contributed by atoms with van der Waals surface area (Å²) in [6.45, 7) is 0.853. The first-order valence-electron chi connectivity index (χ1n) is 8.53. The third-order valence-electron chi connectivity index (χ3n) is 4.62. The number of urea groups is 1. The van der Waals surface area contributed by atoms with Crippen LogP contribution in [0.5, 0.6) is 0 Å². The number of nitrogens with one attached hydrogen (secondary N) is 2. The maximum absolute atomic E-state index is 12.0. The number of hydrogen-bond acceptors (Lipinski definition) is 3. The van der Waals surface area contributed by atoms with Crippen LogP contribution in [-0.2, 0) is 0 Å². The molecule has 1 atom stereocenters. The predicted molar refractivity (Wildman–Crippen MR) is 90.3 cm³/mol. The lowest BCUT2D eigenvalue weighted by Crippen LogP contribution is -2.47. The third-order valence-corrected chi connectivity index (χ3v) is 4.62. The Kier molecular flexibility index (Phi) is 6.86. The summed E-state index contributed by atoms with van der Waals surface area (Å²) in [6, 6.07) is 9.61. The average Bonchev–Trinajstić information content (AvgIpc) is 2.58. The minimum atomic E-state index is -0.750. The quantitative estimate of drug-likeness (QED) is 0.621. The van der Waals surface area contributed by atoms with E-state index < -0.39 is 5.60 Å². The van der Waals surface area contributed by atoms with Crippen molar-refractivity contribution in [1.82, 2.24) is 10.6 Å². The Balaban J connectivity index is 1.77. The summed E-state index contributed by atoms with van der Waals surface area (Å²) < 4.78 is 0. The van der Waals surface area contributed by atoms with Crippen LogP contribution in [0.15, 0.2) is 30.3 Å². The molecule has 5 heteroatoms. The molecule has 0 bridgehead atoms. The molecule has 0 aromatic heterocycles. The number of hydrogen-bond donors (Lipinski definition) is 4. The van der Waals surface area contributed by atoms with Gasteiger partial charge in [0.25, 0.3) is 0 Å². The van der Waals surface area contributed by atoms with Gasteiger partial charge in [-0.3, -0.25) is 0 Å². The summed E-state index contributed by atoms with van der Waals surface area (Å²) >= 11 is 0. The molecule has 23 heavy (non-hydrogen) atoms. The molecule has 0 spiro atoms. The van der Waals surface area contributed by atoms with E-state index in [4.69, 9.17) is 0 Å². The molecule has 1 aliphatic carbocycles. The second-order valence-electron chi connectivity index (χ2n) is 6.47. The number of rotatable bonds is 7. The average molecular weight is 320 g/mol. The van der Waals surface area contributed by atoms with Gasteiger partial charge < -0.3 is 20.8 Å². The lowest BCUT2D eigenvalue weighted by Gasteiger charge is -2.32. The molecule has 0 aliphatic heterocycles. The predicted octanol–water partition coefficient (Wildman–Crippen LogP) is 2.15. The van der Waals surface area contributed by atoms with E-state index in [0.29, 0.717) is 19.5 Å². The second-order valence-corrected chi connectivity index (χ2v) is 6.47. The maximum atomic E-state index is 12.0. The van der Waals surface area contributed by atoms with E-state index in [0.717, 1.165) is 37.7 Å². The molecule has 5 nitrogen and oxygen atoms in total. The standard InChI is InChI=1S/C18H28N2O3/c21-12-9-16(15-7-3-1-4-8-15)13-19-17(22)20-14-18(23)10-5-2-6-11-18/h1,3-4,7-8,16,21,23H,2,5-6,9-14H2,(H2,19,20,22). The van der Waals surface area contributed by atoms with Gasteiger partial charge in [0.05, 0.1) is 5.60 Å². The summed E-state index contributed by atoms with van der Waals surface area (Å²) in [5.41, 5.74) is 0.354. The molecule has 1 aliphatic rings. The first kappa shape index (κ1) is 17.8. The van der Waals surface area contributed by atoms with E-state index in [1.165, 1.54) is 0 Å². The molecule has 1 aromatic carbocycles. The molecule has 0 radical (unpaired) electrons. The highest BCUT2D eigenvalue weighted by molar-refractivity contribution is 5.74. The minimum absolute atomic E-state index is 0.0859. The topological polar surface area (TPSA) is 81.6 Å². The van der Waals surface area contributed by atoms with Crippen LogP contribution in [0, 0.1) is 0 Å². The van der Waals surface area contributed by atoms with Crippen molar-refractivity contribution in [1.29, 1.82) is 0 Å². The fourth-order valence-electron chi connectivity index (χ4n) is 3.18. The largest absolute Gasteiger partial charge is 0.396 e. The van der Waals surface area contributed by atoms with Crippen molar-refractivity contribution in [2.24, 2.45) is 0 Å². The van der Waals surface area contributed by atoms with Gasteiger partial charge in [-0.25, -0.2) is 4.79 Å². The smallest absolute Gasteiger partial charge is 0.314 e. The fraction of sp³-hybridized carbons (Fsp3) is 0.611. The van der Waals surface area contributed by atoms with Gasteiger partial charge >= 0.3 is 6.03 Å². The van der Waals surface area contributed by atoms with Gasteiger partial charge in [0.2, 0.25) is 0 Å². The maximum Gasteiger partial charge on any atom is 0.314 e. The van der Waals surface area contributed by atoms with Crippen molar-refractivity contribution in [2.45, 2.75) is 50.0 Å². The molecule has 1 saturated carbocycles. The Morgan fingerprint density at radius 2 is 1.83 bits per heavy atom. The lowest BCUT2D eigenvalue weighted by molar-refractivity contribution is 0.00719. The second kappa shape index (κ2) is 8.89. The monoisotopic (exact) mass is 320 g/mol. The van der Waals surface area contributed by atoms with E-state index in [1.807, 2.05) is 30.3 Å². The summed E-state index contributed by atoms with van der Waals surface area (Å²) in [5.74, 6) is 0.0877. The Morgan fingerprint density at radius 3 is 2.48 bits per heavy atom. The van der Waals surface area contributed by atoms with Crippen molar-refractivity contribution >= 4 is 6.03 Å². The van der Waals surface area contributed by atoms with Gasteiger partial charge in [-0.05, 0) is 24.8 Å². The molecule has 1 fully saturated rings. The number of carbonyl (C=O) groups excluding carboxylic acids is 1. The van der Waals surface area contributed by atoms with E-state index in [2.05, 4.69) is 10.6 Å². The lowest BCUT2D eigenvalue weighted by atomic mass is 9.85. The molecule has 128 valence electrons. The highest BCUT2D eigenvalue weighted by Gasteiger charge is 2.29. The van der Waals surface area contributed by atoms with Crippen LogP contribution >= 0.6 is 0 Å². The van der Waals surface area contributed by atoms with Crippen LogP contribution in [0.4, 0.5) is 4.79 Å². The number of aliphatic hydroxyl groups excluding tert-OH is 1. The Bertz CT molecular complexity index is 472. The van der Waals surface area contributed by atoms with Crippen molar-refractivity contribution < 1.29 is 15.0 Å². The highest BCUT2D eigenvalue weighted by atomic mass is 16.3. The van der Waals surface area contributed by atoms with Gasteiger partial charge in [-0.15, -0.1) is 0 Å². The van der Waals surface area contributed by atoms with Crippen molar-refractivity contribution in [3.63, 3.8) is 0 Å². The van der Waals surface area contributed by atoms with Crippen molar-refractivity contribution in [2.75, 3.05) is 19.7 Å². The summed E-state index contributed by atoms with van der Waals surface area (Å²) in [5, 5.41) is 25.2. The summed E-state index contributed by atoms with van der Waals surface area (Å²) in [4.78, 5) is 12.0. The Hall–Kier alpha value is -1.59. The van der Waals surface area contributed by atoms with Gasteiger partial charge in [0.1, 0.15) is 0 Å². The molecule has 0 saturated heterocycles. The van der Waals surface area contributed by atoms with Gasteiger partial charge in [0, 0.05) is 25.6 Å². The zero-order chi connectivity index (χ0) is 16.5.